The molecule has 0 radical (unpaired) electrons. The van der Waals surface area contributed by atoms with E-state index in [-0.39, 0.29) is 11.5 Å². The van der Waals surface area contributed by atoms with E-state index in [9.17, 15) is 0 Å². The Morgan fingerprint density at radius 1 is 1.50 bits per heavy atom. The number of rotatable bonds is 3. The van der Waals surface area contributed by atoms with Crippen LogP contribution in [0.5, 0.6) is 0 Å². The number of hydrogen-bond donors (Lipinski definition) is 1. The van der Waals surface area contributed by atoms with Crippen LogP contribution in [0, 0.1) is 5.41 Å². The monoisotopic (exact) mass is 290 g/mol. The lowest BCUT2D eigenvalue weighted by atomic mass is 9.77. The van der Waals surface area contributed by atoms with E-state index in [0.717, 1.165) is 36.4 Å². The Labute approximate surface area is 124 Å². The van der Waals surface area contributed by atoms with Gasteiger partial charge in [-0.05, 0) is 24.7 Å². The number of fused-ring (bicyclic) bond motifs is 1. The summed E-state index contributed by atoms with van der Waals surface area (Å²) in [7, 11) is 0. The van der Waals surface area contributed by atoms with E-state index >= 15 is 0 Å². The Hall–Kier alpha value is -1.20. The molecule has 108 valence electrons. The molecule has 0 bridgehead atoms. The van der Waals surface area contributed by atoms with Crippen molar-refractivity contribution < 1.29 is 0 Å². The highest BCUT2D eigenvalue weighted by atomic mass is 32.1. The smallest absolute Gasteiger partial charge is 0.127 e. The molecule has 5 heteroatoms. The van der Waals surface area contributed by atoms with Crippen molar-refractivity contribution in [2.24, 2.45) is 11.1 Å². The van der Waals surface area contributed by atoms with Crippen LogP contribution < -0.4 is 5.73 Å². The van der Waals surface area contributed by atoms with Crippen LogP contribution in [0.2, 0.25) is 0 Å². The van der Waals surface area contributed by atoms with Gasteiger partial charge in [-0.15, -0.1) is 11.3 Å². The van der Waals surface area contributed by atoms with Crippen molar-refractivity contribution in [1.82, 2.24) is 14.8 Å². The van der Waals surface area contributed by atoms with Crippen LogP contribution in [0.1, 0.15) is 50.2 Å². The van der Waals surface area contributed by atoms with Gasteiger partial charge in [0.15, 0.2) is 0 Å². The predicted octanol–water partition coefficient (Wildman–Crippen LogP) is 3.39. The van der Waals surface area contributed by atoms with E-state index in [0.29, 0.717) is 0 Å². The number of nitrogens with two attached hydrogens (primary N) is 1. The van der Waals surface area contributed by atoms with Crippen molar-refractivity contribution in [2.75, 3.05) is 0 Å². The Balaban J connectivity index is 1.93. The summed E-state index contributed by atoms with van der Waals surface area (Å²) in [5.74, 6) is 0. The molecule has 2 aromatic rings. The molecule has 0 saturated heterocycles. The minimum Gasteiger partial charge on any atom is -0.323 e. The Morgan fingerprint density at radius 3 is 3.05 bits per heavy atom. The third-order valence-corrected chi connectivity index (χ3v) is 5.09. The van der Waals surface area contributed by atoms with Gasteiger partial charge in [0.25, 0.3) is 0 Å². The van der Waals surface area contributed by atoms with E-state index in [1.54, 1.807) is 11.3 Å². The molecule has 1 aliphatic rings. The number of nitrogens with zero attached hydrogens (tertiary/aromatic N) is 3. The molecule has 20 heavy (non-hydrogen) atoms. The summed E-state index contributed by atoms with van der Waals surface area (Å²) in [5.41, 5.74) is 8.88. The Morgan fingerprint density at radius 2 is 2.30 bits per heavy atom. The molecule has 0 amide bonds. The summed E-state index contributed by atoms with van der Waals surface area (Å²) in [6, 6.07) is 0.130. The fraction of sp³-hybridized carbons (Fsp3) is 0.600. The van der Waals surface area contributed by atoms with Crippen LogP contribution in [0.15, 0.2) is 12.4 Å². The minimum atomic E-state index is 0.130. The second-order valence-corrected chi connectivity index (χ2v) is 7.50. The molecule has 2 N–H and O–H groups in total. The van der Waals surface area contributed by atoms with Crippen molar-refractivity contribution >= 4 is 11.3 Å². The first-order valence-electron chi connectivity index (χ1n) is 7.26. The van der Waals surface area contributed by atoms with Crippen LogP contribution in [-0.2, 0) is 13.0 Å². The maximum absolute atomic E-state index is 6.32. The lowest BCUT2D eigenvalue weighted by Crippen LogP contribution is -2.28. The second kappa shape index (κ2) is 4.97. The second-order valence-electron chi connectivity index (χ2n) is 6.47. The van der Waals surface area contributed by atoms with Crippen LogP contribution >= 0.6 is 11.3 Å². The molecular formula is C15H22N4S. The fourth-order valence-corrected chi connectivity index (χ4v) is 4.00. The number of aryl methyl sites for hydroxylation is 1. The highest BCUT2D eigenvalue weighted by Crippen LogP contribution is 2.43. The normalized spacial score (nSPS) is 20.9. The van der Waals surface area contributed by atoms with Crippen molar-refractivity contribution in [1.29, 1.82) is 0 Å². The highest BCUT2D eigenvalue weighted by Gasteiger charge is 2.33. The molecule has 1 unspecified atom stereocenters. The third kappa shape index (κ3) is 2.52. The van der Waals surface area contributed by atoms with Gasteiger partial charge in [-0.3, -0.25) is 4.68 Å². The SMILES string of the molecule is CCCn1cc(-c2nc3c(s2)C(N)CC(C)(C)C3)cn1. The first kappa shape index (κ1) is 13.8. The highest BCUT2D eigenvalue weighted by molar-refractivity contribution is 7.15. The molecule has 1 atom stereocenters. The molecule has 4 nitrogen and oxygen atoms in total. The fourth-order valence-electron chi connectivity index (χ4n) is 2.94. The quantitative estimate of drug-likeness (QED) is 0.942. The number of aromatic nitrogens is 3. The number of thiazole rings is 1. The summed E-state index contributed by atoms with van der Waals surface area (Å²) >= 11 is 1.74. The molecule has 1 aliphatic carbocycles. The van der Waals surface area contributed by atoms with Crippen molar-refractivity contribution in [3.05, 3.63) is 23.0 Å². The van der Waals surface area contributed by atoms with Crippen LogP contribution in [0.25, 0.3) is 10.6 Å². The van der Waals surface area contributed by atoms with Crippen molar-refractivity contribution in [2.45, 2.75) is 52.6 Å². The largest absolute Gasteiger partial charge is 0.323 e. The maximum atomic E-state index is 6.32. The summed E-state index contributed by atoms with van der Waals surface area (Å²) < 4.78 is 1.99. The first-order valence-corrected chi connectivity index (χ1v) is 8.08. The van der Waals surface area contributed by atoms with Gasteiger partial charge >= 0.3 is 0 Å². The van der Waals surface area contributed by atoms with Crippen LogP contribution in [-0.4, -0.2) is 14.8 Å². The van der Waals surface area contributed by atoms with Crippen molar-refractivity contribution in [3.63, 3.8) is 0 Å². The molecule has 2 aromatic heterocycles. The molecule has 0 fully saturated rings. The zero-order valence-electron chi connectivity index (χ0n) is 12.4. The Bertz CT molecular complexity index is 611. The third-order valence-electron chi connectivity index (χ3n) is 3.82. The summed E-state index contributed by atoms with van der Waals surface area (Å²) in [6.45, 7) is 7.66. The molecule has 2 heterocycles. The average Bonchev–Trinajstić information content (AvgIpc) is 2.94. The van der Waals surface area contributed by atoms with E-state index in [4.69, 9.17) is 10.7 Å². The zero-order valence-corrected chi connectivity index (χ0v) is 13.2. The van der Waals surface area contributed by atoms with E-state index in [1.165, 1.54) is 10.6 Å². The summed E-state index contributed by atoms with van der Waals surface area (Å²) in [5, 5.41) is 5.45. The van der Waals surface area contributed by atoms with Gasteiger partial charge in [-0.25, -0.2) is 4.98 Å². The molecule has 3 rings (SSSR count). The van der Waals surface area contributed by atoms with E-state index < -0.39 is 0 Å². The zero-order chi connectivity index (χ0) is 14.3. The molecule has 0 aliphatic heterocycles. The van der Waals surface area contributed by atoms with E-state index in [1.807, 2.05) is 10.9 Å². The van der Waals surface area contributed by atoms with Gasteiger partial charge in [0.05, 0.1) is 11.9 Å². The lowest BCUT2D eigenvalue weighted by molar-refractivity contribution is 0.282. The van der Waals surface area contributed by atoms with E-state index in [2.05, 4.69) is 32.1 Å². The first-order chi connectivity index (χ1) is 9.48. The predicted molar refractivity (Wildman–Crippen MR) is 82.7 cm³/mol. The summed E-state index contributed by atoms with van der Waals surface area (Å²) in [4.78, 5) is 6.09. The van der Waals surface area contributed by atoms with Gasteiger partial charge in [-0.2, -0.15) is 5.10 Å². The number of hydrogen-bond acceptors (Lipinski definition) is 4. The van der Waals surface area contributed by atoms with Crippen LogP contribution in [0.3, 0.4) is 0 Å². The van der Waals surface area contributed by atoms with Gasteiger partial charge in [0, 0.05) is 29.2 Å². The topological polar surface area (TPSA) is 56.7 Å². The summed E-state index contributed by atoms with van der Waals surface area (Å²) in [6.07, 6.45) is 7.15. The standard InChI is InChI=1S/C15H22N4S/c1-4-5-19-9-10(8-17-19)14-18-12-7-15(2,3)6-11(16)13(12)20-14/h8-9,11H,4-7,16H2,1-3H3. The van der Waals surface area contributed by atoms with Crippen LogP contribution in [0.4, 0.5) is 0 Å². The molecule has 0 saturated carbocycles. The van der Waals surface area contributed by atoms with Gasteiger partial charge in [0.1, 0.15) is 5.01 Å². The molecule has 0 aromatic carbocycles. The maximum Gasteiger partial charge on any atom is 0.127 e. The minimum absolute atomic E-state index is 0.130. The average molecular weight is 290 g/mol. The van der Waals surface area contributed by atoms with Gasteiger partial charge < -0.3 is 5.73 Å². The van der Waals surface area contributed by atoms with Gasteiger partial charge in [0.2, 0.25) is 0 Å². The van der Waals surface area contributed by atoms with Crippen molar-refractivity contribution in [3.8, 4) is 10.6 Å². The lowest BCUT2D eigenvalue weighted by Gasteiger charge is -2.32. The Kier molecular flexibility index (Phi) is 3.42. The molecular weight excluding hydrogens is 268 g/mol. The molecule has 0 spiro atoms. The van der Waals surface area contributed by atoms with Gasteiger partial charge in [-0.1, -0.05) is 20.8 Å².